The number of rotatable bonds is 0. The topological polar surface area (TPSA) is 33.4 Å². The van der Waals surface area contributed by atoms with Crippen molar-refractivity contribution >= 4 is 66.0 Å². The molecule has 104 valence electrons. The third-order valence-electron chi connectivity index (χ3n) is 2.38. The second-order valence-electron chi connectivity index (χ2n) is 3.82. The second kappa shape index (κ2) is 6.85. The highest BCUT2D eigenvalue weighted by Gasteiger charge is 2.02. The summed E-state index contributed by atoms with van der Waals surface area (Å²) in [6, 6.07) is 10.4. The van der Waals surface area contributed by atoms with Crippen LogP contribution in [0.25, 0.3) is 11.0 Å². The van der Waals surface area contributed by atoms with Gasteiger partial charge in [-0.15, -0.1) is 0 Å². The van der Waals surface area contributed by atoms with Crippen molar-refractivity contribution in [3.8, 4) is 5.75 Å². The van der Waals surface area contributed by atoms with Gasteiger partial charge in [-0.2, -0.15) is 0 Å². The van der Waals surface area contributed by atoms with E-state index in [1.165, 1.54) is 6.07 Å². The Kier molecular flexibility index (Phi) is 5.38. The first-order chi connectivity index (χ1) is 9.47. The molecule has 0 spiro atoms. The van der Waals surface area contributed by atoms with Gasteiger partial charge in [0.2, 0.25) is 0 Å². The van der Waals surface area contributed by atoms with Crippen molar-refractivity contribution in [2.45, 2.75) is 0 Å². The molecule has 0 radical (unpaired) electrons. The molecular weight excluding hydrogens is 431 g/mol. The maximum Gasteiger partial charge on any atom is 0.148 e. The van der Waals surface area contributed by atoms with Crippen LogP contribution in [0.3, 0.4) is 0 Å². The average Bonchev–Trinajstić information content (AvgIpc) is 2.83. The van der Waals surface area contributed by atoms with E-state index in [4.69, 9.17) is 32.7 Å². The predicted molar refractivity (Wildman–Crippen MR) is 89.7 cm³/mol. The lowest BCUT2D eigenvalue weighted by atomic mass is 10.3. The fourth-order valence-corrected chi connectivity index (χ4v) is 3.10. The van der Waals surface area contributed by atoms with Gasteiger partial charge in [0.15, 0.2) is 0 Å². The monoisotopic (exact) mass is 436 g/mol. The number of phenolic OH excluding ortho intramolecular Hbond substituents is 1. The molecule has 0 amide bonds. The Morgan fingerprint density at radius 1 is 0.900 bits per heavy atom. The highest BCUT2D eigenvalue weighted by molar-refractivity contribution is 9.11. The molecule has 3 aromatic rings. The minimum absolute atomic E-state index is 0.208. The lowest BCUT2D eigenvalue weighted by Crippen LogP contribution is -1.67. The number of aromatic hydroxyl groups is 1. The molecule has 0 aliphatic carbocycles. The third-order valence-corrected chi connectivity index (χ3v) is 4.06. The van der Waals surface area contributed by atoms with E-state index in [2.05, 4.69) is 31.9 Å². The molecule has 0 bridgehead atoms. The van der Waals surface area contributed by atoms with Gasteiger partial charge < -0.3 is 9.52 Å². The van der Waals surface area contributed by atoms with Gasteiger partial charge in [-0.1, -0.05) is 23.2 Å². The number of fused-ring (bicyclic) bond motifs is 1. The van der Waals surface area contributed by atoms with Crippen LogP contribution in [0.2, 0.25) is 10.0 Å². The Hall–Kier alpha value is -0.680. The van der Waals surface area contributed by atoms with Crippen LogP contribution in [-0.4, -0.2) is 5.11 Å². The Morgan fingerprint density at radius 3 is 2.25 bits per heavy atom. The average molecular weight is 439 g/mol. The van der Waals surface area contributed by atoms with E-state index < -0.39 is 0 Å². The molecular formula is C14H8Br2Cl2O2. The first kappa shape index (κ1) is 15.7. The van der Waals surface area contributed by atoms with E-state index in [0.29, 0.717) is 14.5 Å². The summed E-state index contributed by atoms with van der Waals surface area (Å²) in [6.07, 6.45) is 1.64. The van der Waals surface area contributed by atoms with Crippen LogP contribution >= 0.6 is 55.1 Å². The molecule has 0 saturated heterocycles. The maximum atomic E-state index is 8.94. The van der Waals surface area contributed by atoms with Gasteiger partial charge in [0.1, 0.15) is 11.3 Å². The number of hydrogen-bond acceptors (Lipinski definition) is 2. The third kappa shape index (κ3) is 3.92. The quantitative estimate of drug-likeness (QED) is 0.426. The molecule has 20 heavy (non-hydrogen) atoms. The molecule has 1 aromatic heterocycles. The summed E-state index contributed by atoms with van der Waals surface area (Å²) in [6.45, 7) is 0. The van der Waals surface area contributed by atoms with Crippen molar-refractivity contribution in [3.63, 3.8) is 0 Å². The highest BCUT2D eigenvalue weighted by atomic mass is 79.9. The normalized spacial score (nSPS) is 10.2. The van der Waals surface area contributed by atoms with Gasteiger partial charge >= 0.3 is 0 Å². The number of phenols is 1. The molecule has 1 heterocycles. The molecule has 0 unspecified atom stereocenters. The van der Waals surface area contributed by atoms with Crippen LogP contribution in [0.1, 0.15) is 0 Å². The van der Waals surface area contributed by atoms with Crippen LogP contribution in [0, 0.1) is 0 Å². The van der Waals surface area contributed by atoms with Crippen molar-refractivity contribution in [1.29, 1.82) is 0 Å². The van der Waals surface area contributed by atoms with Gasteiger partial charge in [-0.3, -0.25) is 0 Å². The van der Waals surface area contributed by atoms with Gasteiger partial charge in [-0.05, 0) is 68.3 Å². The zero-order valence-corrected chi connectivity index (χ0v) is 14.6. The number of benzene rings is 2. The molecule has 0 saturated carbocycles. The first-order valence-electron chi connectivity index (χ1n) is 5.43. The lowest BCUT2D eigenvalue weighted by Gasteiger charge is -1.94. The Morgan fingerprint density at radius 2 is 1.60 bits per heavy atom. The molecule has 0 atom stereocenters. The second-order valence-corrected chi connectivity index (χ2v) is 6.40. The zero-order valence-electron chi connectivity index (χ0n) is 9.91. The molecule has 6 heteroatoms. The Labute approximate surface area is 142 Å². The maximum absolute atomic E-state index is 8.94. The summed E-state index contributed by atoms with van der Waals surface area (Å²) >= 11 is 17.8. The number of halogens is 4. The fraction of sp³-hybridized carbons (Fsp3) is 0. The van der Waals surface area contributed by atoms with E-state index >= 15 is 0 Å². The van der Waals surface area contributed by atoms with Crippen LogP contribution in [0.5, 0.6) is 5.75 Å². The highest BCUT2D eigenvalue weighted by Crippen LogP contribution is 2.28. The van der Waals surface area contributed by atoms with E-state index in [0.717, 1.165) is 15.4 Å². The summed E-state index contributed by atoms with van der Waals surface area (Å²) in [7, 11) is 0. The Bertz CT molecular complexity index is 741. The van der Waals surface area contributed by atoms with Crippen molar-refractivity contribution in [2.24, 2.45) is 0 Å². The largest absolute Gasteiger partial charge is 0.507 e. The first-order valence-corrected chi connectivity index (χ1v) is 7.78. The smallest absolute Gasteiger partial charge is 0.148 e. The minimum atomic E-state index is 0.208. The van der Waals surface area contributed by atoms with Crippen molar-refractivity contribution in [2.75, 3.05) is 0 Å². The van der Waals surface area contributed by atoms with Crippen LogP contribution in [0.4, 0.5) is 0 Å². The summed E-state index contributed by atoms with van der Waals surface area (Å²) in [4.78, 5) is 0. The zero-order chi connectivity index (χ0) is 14.7. The molecule has 2 aromatic carbocycles. The van der Waals surface area contributed by atoms with Crippen molar-refractivity contribution in [3.05, 3.63) is 61.7 Å². The van der Waals surface area contributed by atoms with Crippen LogP contribution in [0.15, 0.2) is 56.0 Å². The Balaban J connectivity index is 0.000000151. The minimum Gasteiger partial charge on any atom is -0.507 e. The van der Waals surface area contributed by atoms with Gasteiger partial charge in [0.05, 0.1) is 15.2 Å². The molecule has 2 nitrogen and oxygen atoms in total. The summed E-state index contributed by atoms with van der Waals surface area (Å²) in [5, 5.41) is 11.3. The number of furan rings is 1. The summed E-state index contributed by atoms with van der Waals surface area (Å²) in [5.41, 5.74) is 0.842. The summed E-state index contributed by atoms with van der Waals surface area (Å²) < 4.78 is 6.71. The van der Waals surface area contributed by atoms with E-state index in [9.17, 15) is 0 Å². The van der Waals surface area contributed by atoms with Crippen molar-refractivity contribution in [1.82, 2.24) is 0 Å². The molecule has 0 fully saturated rings. The molecule has 0 aliphatic rings. The van der Waals surface area contributed by atoms with Gasteiger partial charge in [0, 0.05) is 15.4 Å². The molecule has 3 rings (SSSR count). The van der Waals surface area contributed by atoms with Gasteiger partial charge in [-0.25, -0.2) is 0 Å². The molecule has 0 aliphatic heterocycles. The fourth-order valence-electron chi connectivity index (χ4n) is 1.49. The van der Waals surface area contributed by atoms with Gasteiger partial charge in [0.25, 0.3) is 0 Å². The van der Waals surface area contributed by atoms with E-state index in [1.54, 1.807) is 18.4 Å². The van der Waals surface area contributed by atoms with E-state index in [-0.39, 0.29) is 5.75 Å². The standard InChI is InChI=1S/C8H4BrClO.C6H4BrClO/c9-7-4-6(10)3-5-1-2-11-8(5)7;7-5-3-4(8)1-2-6(5)9/h1-4H;1-3,9H. The molecule has 1 N–H and O–H groups in total. The summed E-state index contributed by atoms with van der Waals surface area (Å²) in [5.74, 6) is 0.208. The van der Waals surface area contributed by atoms with E-state index in [1.807, 2.05) is 18.2 Å². The SMILES string of the molecule is Clc1cc(Br)c2occc2c1.Oc1ccc(Cl)cc1Br. The predicted octanol–water partition coefficient (Wildman–Crippen LogP) is 6.66. The number of hydrogen-bond donors (Lipinski definition) is 1. The lowest BCUT2D eigenvalue weighted by molar-refractivity contribution is 0.472. The van der Waals surface area contributed by atoms with Crippen molar-refractivity contribution < 1.29 is 9.52 Å². The van der Waals surface area contributed by atoms with Crippen LogP contribution in [-0.2, 0) is 0 Å². The van der Waals surface area contributed by atoms with Crippen LogP contribution < -0.4 is 0 Å².